The molecule has 33 heavy (non-hydrogen) atoms. The maximum atomic E-state index is 12.7. The SMILES string of the molecule is COC(=O)[C@H](Cc1ccc(-c2cccc(OC)c2)cc1)NC(=O)c1ccc([N+](=O)[O-])cc1Cl. The van der Waals surface area contributed by atoms with Gasteiger partial charge in [0.15, 0.2) is 0 Å². The summed E-state index contributed by atoms with van der Waals surface area (Å²) in [6, 6.07) is 17.7. The van der Waals surface area contributed by atoms with E-state index in [0.717, 1.165) is 28.5 Å². The third-order valence-corrected chi connectivity index (χ3v) is 5.31. The first-order chi connectivity index (χ1) is 15.8. The monoisotopic (exact) mass is 468 g/mol. The Labute approximate surface area is 195 Å². The fourth-order valence-corrected chi connectivity index (χ4v) is 3.51. The van der Waals surface area contributed by atoms with Crippen LogP contribution in [0, 0.1) is 10.1 Å². The van der Waals surface area contributed by atoms with E-state index in [1.54, 1.807) is 7.11 Å². The van der Waals surface area contributed by atoms with E-state index in [4.69, 9.17) is 21.1 Å². The number of ether oxygens (including phenoxy) is 2. The smallest absolute Gasteiger partial charge is 0.328 e. The predicted molar refractivity (Wildman–Crippen MR) is 124 cm³/mol. The molecule has 0 aliphatic rings. The van der Waals surface area contributed by atoms with Gasteiger partial charge in [0.05, 0.1) is 29.7 Å². The van der Waals surface area contributed by atoms with Gasteiger partial charge in [0, 0.05) is 18.6 Å². The molecule has 1 atom stereocenters. The second kappa shape index (κ2) is 10.6. The fraction of sp³-hybridized carbons (Fsp3) is 0.167. The number of hydrogen-bond donors (Lipinski definition) is 1. The molecule has 0 unspecified atom stereocenters. The minimum atomic E-state index is -0.976. The van der Waals surface area contributed by atoms with E-state index in [1.165, 1.54) is 19.2 Å². The van der Waals surface area contributed by atoms with Crippen LogP contribution in [-0.2, 0) is 16.0 Å². The Kier molecular flexibility index (Phi) is 7.63. The largest absolute Gasteiger partial charge is 0.497 e. The zero-order chi connectivity index (χ0) is 24.0. The zero-order valence-electron chi connectivity index (χ0n) is 17.9. The Morgan fingerprint density at radius 3 is 2.36 bits per heavy atom. The molecule has 1 amide bonds. The van der Waals surface area contributed by atoms with Gasteiger partial charge in [-0.25, -0.2) is 4.79 Å². The number of nitrogens with one attached hydrogen (secondary N) is 1. The summed E-state index contributed by atoms with van der Waals surface area (Å²) < 4.78 is 10.1. The number of non-ortho nitro benzene ring substituents is 1. The lowest BCUT2D eigenvalue weighted by molar-refractivity contribution is -0.384. The van der Waals surface area contributed by atoms with Crippen LogP contribution >= 0.6 is 11.6 Å². The minimum absolute atomic E-state index is 0.0181. The van der Waals surface area contributed by atoms with Crippen LogP contribution in [-0.4, -0.2) is 37.1 Å². The number of halogens is 1. The van der Waals surface area contributed by atoms with Crippen LogP contribution < -0.4 is 10.1 Å². The molecule has 0 radical (unpaired) electrons. The number of nitrogens with zero attached hydrogens (tertiary/aromatic N) is 1. The number of nitro groups is 1. The van der Waals surface area contributed by atoms with Crippen LogP contribution in [0.15, 0.2) is 66.7 Å². The highest BCUT2D eigenvalue weighted by molar-refractivity contribution is 6.34. The van der Waals surface area contributed by atoms with E-state index in [0.29, 0.717) is 0 Å². The molecule has 3 rings (SSSR count). The molecule has 1 N–H and O–H groups in total. The van der Waals surface area contributed by atoms with Crippen molar-refractivity contribution < 1.29 is 24.0 Å². The Morgan fingerprint density at radius 1 is 1.03 bits per heavy atom. The van der Waals surface area contributed by atoms with Crippen molar-refractivity contribution in [2.75, 3.05) is 14.2 Å². The molecule has 0 spiro atoms. The topological polar surface area (TPSA) is 108 Å². The van der Waals surface area contributed by atoms with Gasteiger partial charge < -0.3 is 14.8 Å². The van der Waals surface area contributed by atoms with E-state index in [2.05, 4.69) is 5.32 Å². The standard InChI is InChI=1S/C24H21ClN2O6/c1-32-19-5-3-4-17(13-19)16-8-6-15(7-9-16)12-22(24(29)33-2)26-23(28)20-11-10-18(27(30)31)14-21(20)25/h3-11,13-14,22H,12H2,1-2H3,(H,26,28)/t22-/m0/s1. The summed E-state index contributed by atoms with van der Waals surface area (Å²) in [6.45, 7) is 0. The lowest BCUT2D eigenvalue weighted by Gasteiger charge is -2.17. The third-order valence-electron chi connectivity index (χ3n) is 5.00. The molecule has 3 aromatic rings. The molecular weight excluding hydrogens is 448 g/mol. The summed E-state index contributed by atoms with van der Waals surface area (Å²) in [5.41, 5.74) is 2.52. The summed E-state index contributed by atoms with van der Waals surface area (Å²) in [6.07, 6.45) is 0.182. The van der Waals surface area contributed by atoms with Gasteiger partial charge in [-0.3, -0.25) is 14.9 Å². The Morgan fingerprint density at radius 2 is 1.76 bits per heavy atom. The van der Waals surface area contributed by atoms with E-state index in [9.17, 15) is 19.7 Å². The fourth-order valence-electron chi connectivity index (χ4n) is 3.24. The van der Waals surface area contributed by atoms with Crippen LogP contribution in [0.4, 0.5) is 5.69 Å². The number of nitro benzene ring substituents is 1. The highest BCUT2D eigenvalue weighted by Crippen LogP contribution is 2.25. The molecule has 0 saturated heterocycles. The van der Waals surface area contributed by atoms with Crippen molar-refractivity contribution in [3.8, 4) is 16.9 Å². The van der Waals surface area contributed by atoms with Gasteiger partial charge in [-0.05, 0) is 34.9 Å². The number of methoxy groups -OCH3 is 2. The normalized spacial score (nSPS) is 11.4. The van der Waals surface area contributed by atoms with E-state index >= 15 is 0 Å². The highest BCUT2D eigenvalue weighted by atomic mass is 35.5. The quantitative estimate of drug-likeness (QED) is 0.297. The average molecular weight is 469 g/mol. The van der Waals surface area contributed by atoms with Crippen molar-refractivity contribution in [2.24, 2.45) is 0 Å². The Bertz CT molecular complexity index is 1180. The van der Waals surface area contributed by atoms with Gasteiger partial charge in [0.1, 0.15) is 11.8 Å². The van der Waals surface area contributed by atoms with Gasteiger partial charge in [-0.1, -0.05) is 48.0 Å². The number of hydrogen-bond acceptors (Lipinski definition) is 6. The highest BCUT2D eigenvalue weighted by Gasteiger charge is 2.24. The second-order valence-corrected chi connectivity index (χ2v) is 7.51. The molecule has 0 saturated carbocycles. The van der Waals surface area contributed by atoms with Gasteiger partial charge in [-0.15, -0.1) is 0 Å². The molecule has 0 fully saturated rings. The second-order valence-electron chi connectivity index (χ2n) is 7.10. The number of amides is 1. The first-order valence-corrected chi connectivity index (χ1v) is 10.3. The maximum Gasteiger partial charge on any atom is 0.328 e. The van der Waals surface area contributed by atoms with Crippen LogP contribution in [0.1, 0.15) is 15.9 Å². The first-order valence-electron chi connectivity index (χ1n) is 9.88. The summed E-state index contributed by atoms with van der Waals surface area (Å²) in [5, 5.41) is 13.4. The van der Waals surface area contributed by atoms with E-state index < -0.39 is 22.8 Å². The van der Waals surface area contributed by atoms with Crippen molar-refractivity contribution in [3.63, 3.8) is 0 Å². The summed E-state index contributed by atoms with van der Waals surface area (Å²) >= 11 is 6.03. The number of carbonyl (C=O) groups excluding carboxylic acids is 2. The van der Waals surface area contributed by atoms with Gasteiger partial charge >= 0.3 is 5.97 Å². The lowest BCUT2D eigenvalue weighted by atomic mass is 10.00. The summed E-state index contributed by atoms with van der Waals surface area (Å²) in [4.78, 5) is 35.2. The first kappa shape index (κ1) is 23.7. The molecule has 0 aromatic heterocycles. The predicted octanol–water partition coefficient (Wildman–Crippen LogP) is 4.44. The van der Waals surface area contributed by atoms with Crippen molar-refractivity contribution in [3.05, 3.63) is 93.0 Å². The summed E-state index contributed by atoms with van der Waals surface area (Å²) in [5.74, 6) is -0.522. The molecule has 9 heteroatoms. The molecule has 0 bridgehead atoms. The van der Waals surface area contributed by atoms with E-state index in [-0.39, 0.29) is 22.7 Å². The molecule has 0 aliphatic carbocycles. The molecule has 0 heterocycles. The van der Waals surface area contributed by atoms with E-state index in [1.807, 2.05) is 48.5 Å². The third kappa shape index (κ3) is 5.87. The summed E-state index contributed by atoms with van der Waals surface area (Å²) in [7, 11) is 2.83. The lowest BCUT2D eigenvalue weighted by Crippen LogP contribution is -2.43. The van der Waals surface area contributed by atoms with Crippen molar-refractivity contribution in [1.82, 2.24) is 5.32 Å². The van der Waals surface area contributed by atoms with Crippen molar-refractivity contribution in [2.45, 2.75) is 12.5 Å². The molecule has 0 aliphatic heterocycles. The van der Waals surface area contributed by atoms with Gasteiger partial charge in [-0.2, -0.15) is 0 Å². The van der Waals surface area contributed by atoms with Crippen LogP contribution in [0.3, 0.4) is 0 Å². The minimum Gasteiger partial charge on any atom is -0.497 e. The molecule has 3 aromatic carbocycles. The van der Waals surface area contributed by atoms with Gasteiger partial charge in [0.25, 0.3) is 11.6 Å². The van der Waals surface area contributed by atoms with Crippen LogP contribution in [0.5, 0.6) is 5.75 Å². The van der Waals surface area contributed by atoms with Crippen LogP contribution in [0.2, 0.25) is 5.02 Å². The number of rotatable bonds is 8. The molecular formula is C24H21ClN2O6. The Hall–Kier alpha value is -3.91. The van der Waals surface area contributed by atoms with Gasteiger partial charge in [0.2, 0.25) is 0 Å². The number of carbonyl (C=O) groups is 2. The average Bonchev–Trinajstić information content (AvgIpc) is 2.83. The number of benzene rings is 3. The Balaban J connectivity index is 1.76. The number of esters is 1. The molecule has 170 valence electrons. The van der Waals surface area contributed by atoms with Crippen LogP contribution in [0.25, 0.3) is 11.1 Å². The molecule has 8 nitrogen and oxygen atoms in total. The van der Waals surface area contributed by atoms with Crippen molar-refractivity contribution >= 4 is 29.2 Å². The van der Waals surface area contributed by atoms with Crippen molar-refractivity contribution in [1.29, 1.82) is 0 Å². The maximum absolute atomic E-state index is 12.7. The zero-order valence-corrected chi connectivity index (χ0v) is 18.7.